The summed E-state index contributed by atoms with van der Waals surface area (Å²) in [7, 11) is 0. The van der Waals surface area contributed by atoms with Crippen LogP contribution in [0.4, 0.5) is 0 Å². The molecule has 2 N–H and O–H groups in total. The van der Waals surface area contributed by atoms with E-state index in [1.54, 1.807) is 31.2 Å². The smallest absolute Gasteiger partial charge is 0.279 e. The van der Waals surface area contributed by atoms with Crippen LogP contribution in [0.1, 0.15) is 25.8 Å². The number of amides is 2. The Balaban J connectivity index is 1.68. The molecule has 0 aliphatic rings. The molecule has 0 saturated carbocycles. The highest BCUT2D eigenvalue weighted by Gasteiger charge is 2.15. The third-order valence-electron chi connectivity index (χ3n) is 3.82. The van der Waals surface area contributed by atoms with E-state index in [1.165, 1.54) is 0 Å². The van der Waals surface area contributed by atoms with E-state index in [2.05, 4.69) is 10.9 Å². The lowest BCUT2D eigenvalue weighted by Gasteiger charge is -2.15. The first-order valence-electron chi connectivity index (χ1n) is 9.16. The lowest BCUT2D eigenvalue weighted by molar-refractivity contribution is -0.132. The van der Waals surface area contributed by atoms with Gasteiger partial charge in [0.15, 0.2) is 6.10 Å². The van der Waals surface area contributed by atoms with E-state index in [9.17, 15) is 9.59 Å². The number of hydrogen-bond acceptors (Lipinski definition) is 5. The molecule has 0 bridgehead atoms. The first kappa shape index (κ1) is 21.1. The van der Waals surface area contributed by atoms with E-state index in [0.29, 0.717) is 12.4 Å². The van der Waals surface area contributed by atoms with Gasteiger partial charge in [0.25, 0.3) is 5.91 Å². The summed E-state index contributed by atoms with van der Waals surface area (Å²) in [6, 6.07) is 14.5. The molecule has 28 heavy (non-hydrogen) atoms. The van der Waals surface area contributed by atoms with Crippen LogP contribution in [0.3, 0.4) is 0 Å². The summed E-state index contributed by atoms with van der Waals surface area (Å²) in [4.78, 5) is 23.9. The lowest BCUT2D eigenvalue weighted by Crippen LogP contribution is -2.47. The van der Waals surface area contributed by atoms with Gasteiger partial charge in [0.2, 0.25) is 5.91 Å². The van der Waals surface area contributed by atoms with E-state index < -0.39 is 12.0 Å². The Morgan fingerprint density at radius 3 is 2.32 bits per heavy atom. The summed E-state index contributed by atoms with van der Waals surface area (Å²) < 4.78 is 16.5. The standard InChI is InChI=1S/C21H26N2O5/c1-4-26-17-9-11-18(12-10-17)28-16(3)21(25)23-22-20(24)13-14-27-19-8-6-5-7-15(19)2/h5-12,16H,4,13-14H2,1-3H3,(H,22,24)(H,23,25)/t16-/m0/s1. The Bertz CT molecular complexity index is 777. The molecule has 0 aromatic heterocycles. The van der Waals surface area contributed by atoms with E-state index in [-0.39, 0.29) is 18.9 Å². The van der Waals surface area contributed by atoms with Gasteiger partial charge in [-0.1, -0.05) is 18.2 Å². The summed E-state index contributed by atoms with van der Waals surface area (Å²) in [6.07, 6.45) is -0.663. The van der Waals surface area contributed by atoms with Crippen molar-refractivity contribution in [1.82, 2.24) is 10.9 Å². The Kier molecular flexibility index (Phi) is 8.14. The molecule has 0 aliphatic carbocycles. The highest BCUT2D eigenvalue weighted by molar-refractivity contribution is 5.84. The van der Waals surface area contributed by atoms with Gasteiger partial charge in [0.1, 0.15) is 17.2 Å². The molecule has 2 rings (SSSR count). The van der Waals surface area contributed by atoms with Gasteiger partial charge in [0.05, 0.1) is 19.6 Å². The van der Waals surface area contributed by atoms with Gasteiger partial charge in [-0.15, -0.1) is 0 Å². The molecular weight excluding hydrogens is 360 g/mol. The molecule has 0 spiro atoms. The van der Waals surface area contributed by atoms with Crippen molar-refractivity contribution in [1.29, 1.82) is 0 Å². The molecule has 2 aromatic carbocycles. The number of ether oxygens (including phenoxy) is 3. The van der Waals surface area contributed by atoms with Crippen LogP contribution in [-0.2, 0) is 9.59 Å². The quantitative estimate of drug-likeness (QED) is 0.647. The fourth-order valence-corrected chi connectivity index (χ4v) is 2.31. The fourth-order valence-electron chi connectivity index (χ4n) is 2.31. The fraction of sp³-hybridized carbons (Fsp3) is 0.333. The van der Waals surface area contributed by atoms with Crippen molar-refractivity contribution in [2.75, 3.05) is 13.2 Å². The van der Waals surface area contributed by atoms with Crippen LogP contribution in [0, 0.1) is 6.92 Å². The van der Waals surface area contributed by atoms with Gasteiger partial charge < -0.3 is 14.2 Å². The molecule has 0 saturated heterocycles. The van der Waals surface area contributed by atoms with Crippen LogP contribution in [-0.4, -0.2) is 31.1 Å². The molecule has 0 radical (unpaired) electrons. The van der Waals surface area contributed by atoms with Gasteiger partial charge in [-0.2, -0.15) is 0 Å². The second kappa shape index (κ2) is 10.8. The predicted molar refractivity (Wildman–Crippen MR) is 105 cm³/mol. The van der Waals surface area contributed by atoms with Crippen molar-refractivity contribution in [2.24, 2.45) is 0 Å². The molecule has 0 aliphatic heterocycles. The van der Waals surface area contributed by atoms with Crippen LogP contribution < -0.4 is 25.1 Å². The summed E-state index contributed by atoms with van der Waals surface area (Å²) in [5, 5.41) is 0. The topological polar surface area (TPSA) is 85.9 Å². The van der Waals surface area contributed by atoms with Crippen molar-refractivity contribution >= 4 is 11.8 Å². The van der Waals surface area contributed by atoms with Gasteiger partial charge in [-0.05, 0) is 56.7 Å². The average Bonchev–Trinajstić information content (AvgIpc) is 2.69. The van der Waals surface area contributed by atoms with Crippen LogP contribution >= 0.6 is 0 Å². The molecule has 0 unspecified atom stereocenters. The van der Waals surface area contributed by atoms with Gasteiger partial charge >= 0.3 is 0 Å². The molecule has 0 fully saturated rings. The molecular formula is C21H26N2O5. The Labute approximate surface area is 165 Å². The Hall–Kier alpha value is -3.22. The Morgan fingerprint density at radius 2 is 1.64 bits per heavy atom. The number of para-hydroxylation sites is 1. The first-order valence-corrected chi connectivity index (χ1v) is 9.16. The third-order valence-corrected chi connectivity index (χ3v) is 3.82. The van der Waals surface area contributed by atoms with E-state index >= 15 is 0 Å². The maximum Gasteiger partial charge on any atom is 0.279 e. The minimum absolute atomic E-state index is 0.114. The molecule has 150 valence electrons. The van der Waals surface area contributed by atoms with Gasteiger partial charge in [-0.3, -0.25) is 20.4 Å². The Morgan fingerprint density at radius 1 is 0.964 bits per heavy atom. The molecule has 7 nitrogen and oxygen atoms in total. The number of rotatable bonds is 9. The summed E-state index contributed by atoms with van der Waals surface area (Å²) in [5.74, 6) is 1.19. The van der Waals surface area contributed by atoms with Crippen molar-refractivity contribution in [3.05, 3.63) is 54.1 Å². The number of nitrogens with one attached hydrogen (secondary N) is 2. The van der Waals surface area contributed by atoms with Crippen molar-refractivity contribution in [2.45, 2.75) is 33.3 Å². The summed E-state index contributed by atoms with van der Waals surface area (Å²) >= 11 is 0. The van der Waals surface area contributed by atoms with E-state index in [0.717, 1.165) is 17.1 Å². The average molecular weight is 386 g/mol. The first-order chi connectivity index (χ1) is 13.5. The van der Waals surface area contributed by atoms with Gasteiger partial charge in [0, 0.05) is 0 Å². The summed E-state index contributed by atoms with van der Waals surface area (Å²) in [5.41, 5.74) is 5.70. The van der Waals surface area contributed by atoms with Gasteiger partial charge in [-0.25, -0.2) is 0 Å². The maximum atomic E-state index is 12.1. The zero-order valence-electron chi connectivity index (χ0n) is 16.4. The van der Waals surface area contributed by atoms with E-state index in [4.69, 9.17) is 14.2 Å². The SMILES string of the molecule is CCOc1ccc(O[C@@H](C)C(=O)NNC(=O)CCOc2ccccc2C)cc1. The predicted octanol–water partition coefficient (Wildman–Crippen LogP) is 2.78. The number of hydrazine groups is 1. The number of hydrogen-bond donors (Lipinski definition) is 2. The van der Waals surface area contributed by atoms with Crippen molar-refractivity contribution in [3.8, 4) is 17.2 Å². The zero-order valence-corrected chi connectivity index (χ0v) is 16.4. The second-order valence-electron chi connectivity index (χ2n) is 6.07. The zero-order chi connectivity index (χ0) is 20.4. The van der Waals surface area contributed by atoms with E-state index in [1.807, 2.05) is 38.1 Å². The number of aryl methyl sites for hydroxylation is 1. The van der Waals surface area contributed by atoms with Crippen LogP contribution in [0.2, 0.25) is 0 Å². The third kappa shape index (κ3) is 6.83. The highest BCUT2D eigenvalue weighted by Crippen LogP contribution is 2.18. The van der Waals surface area contributed by atoms with Crippen LogP contribution in [0.5, 0.6) is 17.2 Å². The minimum atomic E-state index is -0.776. The highest BCUT2D eigenvalue weighted by atomic mass is 16.5. The lowest BCUT2D eigenvalue weighted by atomic mass is 10.2. The molecule has 7 heteroatoms. The number of carbonyl (C=O) groups excluding carboxylic acids is 2. The monoisotopic (exact) mass is 386 g/mol. The molecule has 0 heterocycles. The van der Waals surface area contributed by atoms with Crippen molar-refractivity contribution in [3.63, 3.8) is 0 Å². The molecule has 1 atom stereocenters. The van der Waals surface area contributed by atoms with Crippen LogP contribution in [0.15, 0.2) is 48.5 Å². The maximum absolute atomic E-state index is 12.1. The number of benzene rings is 2. The summed E-state index contributed by atoms with van der Waals surface area (Å²) in [6.45, 7) is 6.22. The minimum Gasteiger partial charge on any atom is -0.494 e. The molecule has 2 aromatic rings. The second-order valence-corrected chi connectivity index (χ2v) is 6.07. The van der Waals surface area contributed by atoms with Crippen molar-refractivity contribution < 1.29 is 23.8 Å². The largest absolute Gasteiger partial charge is 0.494 e. The molecule has 2 amide bonds. The van der Waals surface area contributed by atoms with Crippen LogP contribution in [0.25, 0.3) is 0 Å². The normalized spacial score (nSPS) is 11.2. The number of carbonyl (C=O) groups is 2.